The van der Waals surface area contributed by atoms with E-state index >= 15 is 0 Å². The van der Waals surface area contributed by atoms with Crippen molar-refractivity contribution in [2.24, 2.45) is 0 Å². The average molecular weight is 419 g/mol. The lowest BCUT2D eigenvalue weighted by Crippen LogP contribution is -2.31. The number of rotatable bonds is 4. The number of aromatic nitrogens is 5. The van der Waals surface area contributed by atoms with Crippen LogP contribution in [-0.4, -0.2) is 37.5 Å². The summed E-state index contributed by atoms with van der Waals surface area (Å²) < 4.78 is 17.0. The first-order valence-corrected chi connectivity index (χ1v) is 10.5. The van der Waals surface area contributed by atoms with Gasteiger partial charge < -0.3 is 5.32 Å². The van der Waals surface area contributed by atoms with Crippen molar-refractivity contribution in [3.63, 3.8) is 0 Å². The second-order valence-corrected chi connectivity index (χ2v) is 8.24. The van der Waals surface area contributed by atoms with E-state index in [0.717, 1.165) is 42.0 Å². The number of hydrogen-bond donors (Lipinski definition) is 1. The number of fused-ring (bicyclic) bond motifs is 1. The van der Waals surface area contributed by atoms with Gasteiger partial charge in [-0.15, -0.1) is 0 Å². The summed E-state index contributed by atoms with van der Waals surface area (Å²) in [6, 6.07) is 7.55. The molecule has 9 heteroatoms. The molecule has 0 saturated carbocycles. The number of piperidine rings is 1. The molecule has 1 saturated heterocycles. The molecular formula is C21H18FN7S. The van der Waals surface area contributed by atoms with Crippen LogP contribution in [0.25, 0.3) is 16.6 Å². The Morgan fingerprint density at radius 2 is 2.10 bits per heavy atom. The Bertz CT molecular complexity index is 1230. The first kappa shape index (κ1) is 18.8. The van der Waals surface area contributed by atoms with Crippen molar-refractivity contribution >= 4 is 17.3 Å². The first-order chi connectivity index (χ1) is 14.7. The highest BCUT2D eigenvalue weighted by Gasteiger charge is 2.18. The smallest absolute Gasteiger partial charge is 0.141 e. The zero-order valence-electron chi connectivity index (χ0n) is 16.0. The molecule has 0 aromatic carbocycles. The molecule has 1 aliphatic heterocycles. The molecule has 1 fully saturated rings. The van der Waals surface area contributed by atoms with Gasteiger partial charge in [0.2, 0.25) is 0 Å². The van der Waals surface area contributed by atoms with Gasteiger partial charge in [-0.05, 0) is 37.6 Å². The van der Waals surface area contributed by atoms with E-state index in [1.807, 2.05) is 23.1 Å². The molecule has 0 radical (unpaired) electrons. The Hall–Kier alpha value is -3.22. The quantitative estimate of drug-likeness (QED) is 0.543. The second kappa shape index (κ2) is 7.89. The summed E-state index contributed by atoms with van der Waals surface area (Å²) in [7, 11) is 0. The maximum absolute atomic E-state index is 13.2. The van der Waals surface area contributed by atoms with E-state index in [4.69, 9.17) is 0 Å². The van der Waals surface area contributed by atoms with Crippen LogP contribution in [-0.2, 0) is 0 Å². The summed E-state index contributed by atoms with van der Waals surface area (Å²) >= 11 is 1.38. The first-order valence-electron chi connectivity index (χ1n) is 9.67. The lowest BCUT2D eigenvalue weighted by Gasteiger charge is -2.22. The lowest BCUT2D eigenvalue weighted by molar-refractivity contribution is 0.347. The molecule has 30 heavy (non-hydrogen) atoms. The van der Waals surface area contributed by atoms with Gasteiger partial charge in [-0.25, -0.2) is 13.9 Å². The number of nitrogens with one attached hydrogen (secondary N) is 1. The molecule has 0 amide bonds. The third-order valence-electron chi connectivity index (χ3n) is 5.19. The number of halogens is 1. The normalized spacial score (nSPS) is 16.6. The van der Waals surface area contributed by atoms with Gasteiger partial charge in [0.25, 0.3) is 0 Å². The minimum Gasteiger partial charge on any atom is -0.315 e. The summed E-state index contributed by atoms with van der Waals surface area (Å²) in [4.78, 5) is 4.97. The average Bonchev–Trinajstić information content (AvgIpc) is 3.43. The van der Waals surface area contributed by atoms with Crippen LogP contribution in [0.3, 0.4) is 0 Å². The van der Waals surface area contributed by atoms with Gasteiger partial charge in [0, 0.05) is 35.0 Å². The van der Waals surface area contributed by atoms with Crippen LogP contribution >= 0.6 is 11.8 Å². The van der Waals surface area contributed by atoms with E-state index in [2.05, 4.69) is 32.8 Å². The summed E-state index contributed by atoms with van der Waals surface area (Å²) in [6.07, 6.45) is 10.8. The fourth-order valence-electron chi connectivity index (χ4n) is 3.68. The maximum atomic E-state index is 13.2. The predicted octanol–water partition coefficient (Wildman–Crippen LogP) is 3.68. The molecule has 7 nitrogen and oxygen atoms in total. The highest BCUT2D eigenvalue weighted by atomic mass is 32.2. The van der Waals surface area contributed by atoms with E-state index in [1.165, 1.54) is 24.0 Å². The summed E-state index contributed by atoms with van der Waals surface area (Å²) in [5.74, 6) is -0.384. The Morgan fingerprint density at radius 3 is 2.87 bits per heavy atom. The Labute approximate surface area is 176 Å². The molecule has 0 spiro atoms. The largest absolute Gasteiger partial charge is 0.315 e. The predicted molar refractivity (Wildman–Crippen MR) is 111 cm³/mol. The van der Waals surface area contributed by atoms with Crippen LogP contribution in [0.1, 0.15) is 24.4 Å². The van der Waals surface area contributed by atoms with Crippen molar-refractivity contribution in [2.45, 2.75) is 28.8 Å². The Morgan fingerprint density at radius 1 is 1.17 bits per heavy atom. The molecule has 150 valence electrons. The molecule has 5 heterocycles. The lowest BCUT2D eigenvalue weighted by atomic mass is 10.1. The fourth-order valence-corrected chi connectivity index (χ4v) is 4.64. The van der Waals surface area contributed by atoms with E-state index in [-0.39, 0.29) is 5.82 Å². The van der Waals surface area contributed by atoms with E-state index in [9.17, 15) is 9.65 Å². The molecule has 1 atom stereocenters. The fraction of sp³-hybridized carbons (Fsp3) is 0.238. The summed E-state index contributed by atoms with van der Waals surface area (Å²) in [6.45, 7) is 1.97. The van der Waals surface area contributed by atoms with Crippen molar-refractivity contribution in [3.8, 4) is 17.2 Å². The standard InChI is InChI=1S/C21H18FN7S/c22-17-3-4-20(25-10-17)30-19-6-14(12-29-21(19)15(7-23)8-27-29)16-9-26-28(13-16)18-2-1-5-24-11-18/h3-4,6,8-10,12-13,18,24H,1-2,5,11H2. The van der Waals surface area contributed by atoms with Crippen molar-refractivity contribution in [3.05, 3.63) is 60.6 Å². The van der Waals surface area contributed by atoms with E-state index < -0.39 is 0 Å². The minimum absolute atomic E-state index is 0.350. The van der Waals surface area contributed by atoms with Crippen molar-refractivity contribution in [1.82, 2.24) is 29.7 Å². The maximum Gasteiger partial charge on any atom is 0.141 e. The van der Waals surface area contributed by atoms with Crippen LogP contribution in [0.4, 0.5) is 4.39 Å². The van der Waals surface area contributed by atoms with Crippen LogP contribution in [0, 0.1) is 17.1 Å². The van der Waals surface area contributed by atoms with Gasteiger partial charge in [0.1, 0.15) is 16.9 Å². The highest BCUT2D eigenvalue weighted by Crippen LogP contribution is 2.35. The monoisotopic (exact) mass is 419 g/mol. The van der Waals surface area contributed by atoms with Crippen LogP contribution in [0.5, 0.6) is 0 Å². The highest BCUT2D eigenvalue weighted by molar-refractivity contribution is 7.99. The van der Waals surface area contributed by atoms with Gasteiger partial charge in [-0.1, -0.05) is 11.8 Å². The van der Waals surface area contributed by atoms with Crippen LogP contribution < -0.4 is 5.32 Å². The number of nitriles is 1. The Balaban J connectivity index is 1.55. The van der Waals surface area contributed by atoms with Crippen molar-refractivity contribution in [2.75, 3.05) is 13.1 Å². The summed E-state index contributed by atoms with van der Waals surface area (Å²) in [5.41, 5.74) is 3.11. The molecule has 1 N–H and O–H groups in total. The van der Waals surface area contributed by atoms with Gasteiger partial charge >= 0.3 is 0 Å². The van der Waals surface area contributed by atoms with Crippen molar-refractivity contribution in [1.29, 1.82) is 5.26 Å². The molecule has 0 aliphatic carbocycles. The van der Waals surface area contributed by atoms with Gasteiger partial charge in [0.15, 0.2) is 0 Å². The van der Waals surface area contributed by atoms with Gasteiger partial charge in [-0.2, -0.15) is 15.5 Å². The molecule has 4 aromatic rings. The molecule has 1 unspecified atom stereocenters. The molecule has 1 aliphatic rings. The molecule has 0 bridgehead atoms. The minimum atomic E-state index is -0.384. The van der Waals surface area contributed by atoms with Gasteiger partial charge in [0.05, 0.1) is 35.7 Å². The van der Waals surface area contributed by atoms with Crippen LogP contribution in [0.2, 0.25) is 0 Å². The summed E-state index contributed by atoms with van der Waals surface area (Å²) in [5, 5.41) is 22.5. The van der Waals surface area contributed by atoms with Crippen molar-refractivity contribution < 1.29 is 4.39 Å². The molecular weight excluding hydrogens is 401 g/mol. The van der Waals surface area contributed by atoms with Crippen LogP contribution in [0.15, 0.2) is 59.1 Å². The number of nitrogens with zero attached hydrogens (tertiary/aromatic N) is 6. The zero-order chi connectivity index (χ0) is 20.5. The topological polar surface area (TPSA) is 83.8 Å². The van der Waals surface area contributed by atoms with Gasteiger partial charge in [-0.3, -0.25) is 4.68 Å². The molecule has 4 aromatic heterocycles. The third-order valence-corrected chi connectivity index (χ3v) is 6.17. The Kier molecular flexibility index (Phi) is 4.94. The molecule has 5 rings (SSSR count). The zero-order valence-corrected chi connectivity index (χ0v) is 16.8. The second-order valence-electron chi connectivity index (χ2n) is 7.18. The van der Waals surface area contributed by atoms with E-state index in [0.29, 0.717) is 22.1 Å². The third kappa shape index (κ3) is 3.56. The number of pyridine rings is 2. The van der Waals surface area contributed by atoms with E-state index in [1.54, 1.807) is 16.8 Å². The SMILES string of the molecule is N#Cc1cnn2cc(-c3cnn(C4CCCNC4)c3)cc(Sc3ccc(F)cn3)c12. The number of hydrogen-bond acceptors (Lipinski definition) is 6.